The Morgan fingerprint density at radius 1 is 1.26 bits per heavy atom. The largest absolute Gasteiger partial charge is 0.271 e. The Morgan fingerprint density at radius 2 is 2.00 bits per heavy atom. The lowest BCUT2D eigenvalue weighted by atomic mass is 9.94. The summed E-state index contributed by atoms with van der Waals surface area (Å²) in [5.41, 5.74) is 5.92. The molecular weight excluding hydrogens is 232 g/mol. The highest BCUT2D eigenvalue weighted by molar-refractivity contribution is 5.29. The summed E-state index contributed by atoms with van der Waals surface area (Å²) in [5.74, 6) is 9.22. The molecular formula is C17H26N2. The highest BCUT2D eigenvalue weighted by Gasteiger charge is 2.55. The van der Waals surface area contributed by atoms with Gasteiger partial charge >= 0.3 is 0 Å². The van der Waals surface area contributed by atoms with Crippen molar-refractivity contribution in [1.29, 1.82) is 0 Å². The third kappa shape index (κ3) is 2.56. The lowest BCUT2D eigenvalue weighted by Gasteiger charge is -2.19. The molecule has 1 aromatic rings. The number of hydrogen-bond acceptors (Lipinski definition) is 2. The predicted octanol–water partition coefficient (Wildman–Crippen LogP) is 3.44. The van der Waals surface area contributed by atoms with Gasteiger partial charge in [0.25, 0.3) is 0 Å². The van der Waals surface area contributed by atoms with Crippen LogP contribution in [0.2, 0.25) is 0 Å². The number of fused-ring (bicyclic) bond motifs is 1. The Morgan fingerprint density at radius 3 is 2.63 bits per heavy atom. The van der Waals surface area contributed by atoms with Crippen LogP contribution >= 0.6 is 0 Å². The van der Waals surface area contributed by atoms with Crippen LogP contribution in [-0.4, -0.2) is 0 Å². The van der Waals surface area contributed by atoms with E-state index < -0.39 is 0 Å². The van der Waals surface area contributed by atoms with Crippen LogP contribution < -0.4 is 11.3 Å². The lowest BCUT2D eigenvalue weighted by molar-refractivity contribution is 0.425. The predicted molar refractivity (Wildman–Crippen MR) is 79.4 cm³/mol. The molecule has 2 aliphatic carbocycles. The monoisotopic (exact) mass is 258 g/mol. The second-order valence-electron chi connectivity index (χ2n) is 6.82. The Bertz CT molecular complexity index is 431. The van der Waals surface area contributed by atoms with E-state index in [9.17, 15) is 0 Å². The fraction of sp³-hybridized carbons (Fsp3) is 0.647. The third-order valence-corrected chi connectivity index (χ3v) is 4.99. The molecule has 0 bridgehead atoms. The van der Waals surface area contributed by atoms with Crippen LogP contribution in [0.5, 0.6) is 0 Å². The number of nitrogens with one attached hydrogen (secondary N) is 1. The van der Waals surface area contributed by atoms with Crippen LogP contribution in [-0.2, 0) is 6.42 Å². The summed E-state index contributed by atoms with van der Waals surface area (Å²) in [5, 5.41) is 0. The Labute approximate surface area is 116 Å². The summed E-state index contributed by atoms with van der Waals surface area (Å²) in [6, 6.07) is 9.39. The molecule has 0 spiro atoms. The Kier molecular flexibility index (Phi) is 3.64. The van der Waals surface area contributed by atoms with Crippen molar-refractivity contribution < 1.29 is 0 Å². The highest BCUT2D eigenvalue weighted by Crippen LogP contribution is 2.62. The first kappa shape index (κ1) is 13.1. The molecule has 2 saturated carbocycles. The molecule has 3 unspecified atom stereocenters. The van der Waals surface area contributed by atoms with Gasteiger partial charge in [-0.2, -0.15) is 0 Å². The number of nitrogens with two attached hydrogens (primary N) is 1. The molecule has 1 aromatic carbocycles. The zero-order valence-electron chi connectivity index (χ0n) is 12.1. The maximum absolute atomic E-state index is 5.85. The second kappa shape index (κ2) is 5.26. The fourth-order valence-corrected chi connectivity index (χ4v) is 4.19. The molecule has 0 saturated heterocycles. The van der Waals surface area contributed by atoms with Gasteiger partial charge in [-0.15, -0.1) is 0 Å². The number of hydrogen-bond donors (Lipinski definition) is 2. The Hall–Kier alpha value is -0.860. The average Bonchev–Trinajstić information content (AvgIpc) is 2.84. The van der Waals surface area contributed by atoms with Crippen molar-refractivity contribution in [2.45, 2.75) is 45.6 Å². The van der Waals surface area contributed by atoms with E-state index in [0.717, 1.165) is 24.2 Å². The van der Waals surface area contributed by atoms with Crippen LogP contribution in [0, 0.1) is 23.7 Å². The first-order valence-corrected chi connectivity index (χ1v) is 7.75. The van der Waals surface area contributed by atoms with Gasteiger partial charge in [0, 0.05) is 6.04 Å². The van der Waals surface area contributed by atoms with Gasteiger partial charge in [-0.25, -0.2) is 0 Å². The molecule has 0 aliphatic heterocycles. The first-order chi connectivity index (χ1) is 9.20. The molecule has 3 atom stereocenters. The standard InChI is InChI=1S/C17H26N2/c1-11(2)9-12-5-3-6-13(10-12)17(19-18)16-14-7-4-8-15(14)16/h3,5-6,10-11,14-17,19H,4,7-9,18H2,1-2H3. The van der Waals surface area contributed by atoms with E-state index in [1.807, 2.05) is 0 Å². The minimum Gasteiger partial charge on any atom is -0.271 e. The molecule has 2 nitrogen and oxygen atoms in total. The number of benzene rings is 1. The van der Waals surface area contributed by atoms with Gasteiger partial charge in [0.05, 0.1) is 0 Å². The van der Waals surface area contributed by atoms with Crippen molar-refractivity contribution in [3.63, 3.8) is 0 Å². The molecule has 0 radical (unpaired) electrons. The fourth-order valence-electron chi connectivity index (χ4n) is 4.19. The number of rotatable bonds is 5. The van der Waals surface area contributed by atoms with Gasteiger partial charge in [-0.3, -0.25) is 11.3 Å². The van der Waals surface area contributed by atoms with E-state index in [-0.39, 0.29) is 0 Å². The normalized spacial score (nSPS) is 30.4. The van der Waals surface area contributed by atoms with E-state index in [0.29, 0.717) is 12.0 Å². The molecule has 104 valence electrons. The minimum atomic E-state index is 0.363. The van der Waals surface area contributed by atoms with Gasteiger partial charge in [0.2, 0.25) is 0 Å². The van der Waals surface area contributed by atoms with Crippen molar-refractivity contribution in [2.75, 3.05) is 0 Å². The van der Waals surface area contributed by atoms with Crippen LogP contribution in [0.25, 0.3) is 0 Å². The molecule has 3 N–H and O–H groups in total. The molecule has 3 rings (SSSR count). The highest BCUT2D eigenvalue weighted by atomic mass is 15.2. The quantitative estimate of drug-likeness (QED) is 0.627. The molecule has 19 heavy (non-hydrogen) atoms. The third-order valence-electron chi connectivity index (χ3n) is 4.99. The van der Waals surface area contributed by atoms with E-state index in [1.165, 1.54) is 30.4 Å². The molecule has 0 heterocycles. The van der Waals surface area contributed by atoms with E-state index in [4.69, 9.17) is 5.84 Å². The summed E-state index contributed by atoms with van der Waals surface area (Å²) < 4.78 is 0. The van der Waals surface area contributed by atoms with E-state index in [2.05, 4.69) is 43.5 Å². The molecule has 2 fully saturated rings. The summed E-state index contributed by atoms with van der Waals surface area (Å²) in [7, 11) is 0. The van der Waals surface area contributed by atoms with Crippen LogP contribution in [0.4, 0.5) is 0 Å². The summed E-state index contributed by atoms with van der Waals surface area (Å²) >= 11 is 0. The second-order valence-corrected chi connectivity index (χ2v) is 6.82. The van der Waals surface area contributed by atoms with Crippen LogP contribution in [0.1, 0.15) is 50.3 Å². The summed E-state index contributed by atoms with van der Waals surface area (Å²) in [6.07, 6.45) is 5.41. The van der Waals surface area contributed by atoms with Crippen LogP contribution in [0.15, 0.2) is 24.3 Å². The Balaban J connectivity index is 1.76. The molecule has 2 heteroatoms. The summed E-state index contributed by atoms with van der Waals surface area (Å²) in [4.78, 5) is 0. The maximum Gasteiger partial charge on any atom is 0.0493 e. The van der Waals surface area contributed by atoms with E-state index >= 15 is 0 Å². The van der Waals surface area contributed by atoms with Crippen molar-refractivity contribution in [3.05, 3.63) is 35.4 Å². The van der Waals surface area contributed by atoms with Crippen molar-refractivity contribution in [2.24, 2.45) is 29.5 Å². The SMILES string of the molecule is CC(C)Cc1cccc(C(NN)C2C3CCCC32)c1. The van der Waals surface area contributed by atoms with E-state index in [1.54, 1.807) is 0 Å². The molecule has 0 amide bonds. The van der Waals surface area contributed by atoms with Crippen molar-refractivity contribution in [3.8, 4) is 0 Å². The molecule has 0 aromatic heterocycles. The summed E-state index contributed by atoms with van der Waals surface area (Å²) in [6.45, 7) is 4.55. The topological polar surface area (TPSA) is 38.0 Å². The van der Waals surface area contributed by atoms with Gasteiger partial charge < -0.3 is 0 Å². The molecule has 2 aliphatic rings. The van der Waals surface area contributed by atoms with Gasteiger partial charge in [0.15, 0.2) is 0 Å². The van der Waals surface area contributed by atoms with Gasteiger partial charge in [-0.1, -0.05) is 44.5 Å². The maximum atomic E-state index is 5.85. The lowest BCUT2D eigenvalue weighted by Crippen LogP contribution is -2.30. The average molecular weight is 258 g/mol. The smallest absolute Gasteiger partial charge is 0.0493 e. The van der Waals surface area contributed by atoms with Gasteiger partial charge in [-0.05, 0) is 54.1 Å². The first-order valence-electron chi connectivity index (χ1n) is 7.75. The minimum absolute atomic E-state index is 0.363. The zero-order chi connectivity index (χ0) is 13.4. The van der Waals surface area contributed by atoms with Crippen LogP contribution in [0.3, 0.4) is 0 Å². The van der Waals surface area contributed by atoms with Gasteiger partial charge in [0.1, 0.15) is 0 Å². The number of hydrazine groups is 1. The van der Waals surface area contributed by atoms with Crippen molar-refractivity contribution >= 4 is 0 Å². The zero-order valence-corrected chi connectivity index (χ0v) is 12.1. The van der Waals surface area contributed by atoms with Crippen molar-refractivity contribution in [1.82, 2.24) is 5.43 Å².